The van der Waals surface area contributed by atoms with Crippen LogP contribution in [0.5, 0.6) is 0 Å². The molecule has 1 aromatic carbocycles. The first-order chi connectivity index (χ1) is 6.31. The van der Waals surface area contributed by atoms with E-state index in [1.807, 2.05) is 6.92 Å². The van der Waals surface area contributed by atoms with Crippen LogP contribution in [-0.2, 0) is 0 Å². The largest absolute Gasteiger partial charge is 0.348 e. The van der Waals surface area contributed by atoms with Crippen LogP contribution in [0.25, 0.3) is 10.9 Å². The quantitative estimate of drug-likeness (QED) is 0.584. The number of hydrogen-bond donors (Lipinski definition) is 1. The summed E-state index contributed by atoms with van der Waals surface area (Å²) in [4.78, 5) is 3.26. The fourth-order valence-corrected chi connectivity index (χ4v) is 1.51. The van der Waals surface area contributed by atoms with Crippen LogP contribution < -0.4 is 0 Å². The Bertz CT molecular complexity index is 495. The summed E-state index contributed by atoms with van der Waals surface area (Å²) in [6, 6.07) is 8.33. The van der Waals surface area contributed by atoms with Crippen molar-refractivity contribution in [3.63, 3.8) is 0 Å². The van der Waals surface area contributed by atoms with Crippen molar-refractivity contribution in [2.24, 2.45) is 0 Å². The first kappa shape index (κ1) is 7.94. The highest BCUT2D eigenvalue weighted by Crippen LogP contribution is 2.18. The molecule has 2 aromatic rings. The Balaban J connectivity index is 2.73. The van der Waals surface area contributed by atoms with Gasteiger partial charge < -0.3 is 4.98 Å². The molecule has 1 nitrogen and oxygen atoms in total. The molecule has 64 valence electrons. The van der Waals surface area contributed by atoms with E-state index >= 15 is 0 Å². The third-order valence-electron chi connectivity index (χ3n) is 2.14. The molecule has 0 bridgehead atoms. The van der Waals surface area contributed by atoms with E-state index in [0.29, 0.717) is 0 Å². The fourth-order valence-electron chi connectivity index (χ4n) is 1.51. The van der Waals surface area contributed by atoms with Crippen molar-refractivity contribution in [3.05, 3.63) is 35.5 Å². The van der Waals surface area contributed by atoms with Gasteiger partial charge in [-0.3, -0.25) is 0 Å². The van der Waals surface area contributed by atoms with E-state index in [2.05, 4.69) is 48.0 Å². The second-order valence-electron chi connectivity index (χ2n) is 3.09. The van der Waals surface area contributed by atoms with E-state index in [0.717, 1.165) is 11.2 Å². The van der Waals surface area contributed by atoms with Gasteiger partial charge in [0.1, 0.15) is 0 Å². The van der Waals surface area contributed by atoms with Gasteiger partial charge in [-0.15, -0.1) is 0 Å². The number of aromatic amines is 1. The minimum absolute atomic E-state index is 0.992. The maximum atomic E-state index is 3.26. The first-order valence-corrected chi connectivity index (χ1v) is 4.32. The van der Waals surface area contributed by atoms with Crippen molar-refractivity contribution < 1.29 is 0 Å². The highest BCUT2D eigenvalue weighted by atomic mass is 14.7. The Morgan fingerprint density at radius 1 is 1.31 bits per heavy atom. The molecule has 0 aliphatic rings. The molecular weight excluding hydrogens is 158 g/mol. The first-order valence-electron chi connectivity index (χ1n) is 4.32. The van der Waals surface area contributed by atoms with E-state index < -0.39 is 0 Å². The number of aromatic nitrogens is 1. The molecule has 0 atom stereocenters. The Hall–Kier alpha value is -1.68. The summed E-state index contributed by atoms with van der Waals surface area (Å²) in [6.45, 7) is 3.96. The number of nitrogens with one attached hydrogen (secondary N) is 1. The highest BCUT2D eigenvalue weighted by Gasteiger charge is 1.99. The molecule has 0 saturated carbocycles. The molecule has 13 heavy (non-hydrogen) atoms. The van der Waals surface area contributed by atoms with Crippen LogP contribution in [0.15, 0.2) is 24.3 Å². The molecule has 0 aliphatic heterocycles. The van der Waals surface area contributed by atoms with Crippen molar-refractivity contribution >= 4 is 10.9 Å². The van der Waals surface area contributed by atoms with Gasteiger partial charge in [-0.2, -0.15) is 0 Å². The van der Waals surface area contributed by atoms with Gasteiger partial charge in [0.15, 0.2) is 0 Å². The van der Waals surface area contributed by atoms with E-state index in [1.54, 1.807) is 0 Å². The van der Waals surface area contributed by atoms with E-state index in [4.69, 9.17) is 0 Å². The summed E-state index contributed by atoms with van der Waals surface area (Å²) in [5.41, 5.74) is 3.45. The van der Waals surface area contributed by atoms with E-state index in [1.165, 1.54) is 10.9 Å². The van der Waals surface area contributed by atoms with Gasteiger partial charge in [0.05, 0.1) is 5.69 Å². The van der Waals surface area contributed by atoms with Crippen LogP contribution in [0.1, 0.15) is 18.2 Å². The third kappa shape index (κ3) is 1.31. The lowest BCUT2D eigenvalue weighted by Crippen LogP contribution is -1.71. The van der Waals surface area contributed by atoms with E-state index in [9.17, 15) is 0 Å². The van der Waals surface area contributed by atoms with Crippen molar-refractivity contribution in [2.45, 2.75) is 13.8 Å². The summed E-state index contributed by atoms with van der Waals surface area (Å²) < 4.78 is 0. The minimum atomic E-state index is 0.992. The molecule has 0 spiro atoms. The normalized spacial score (nSPS) is 9.69. The second kappa shape index (κ2) is 2.99. The predicted octanol–water partition coefficient (Wildman–Crippen LogP) is 2.85. The maximum absolute atomic E-state index is 3.26. The monoisotopic (exact) mass is 169 g/mol. The topological polar surface area (TPSA) is 15.8 Å². The van der Waals surface area contributed by atoms with E-state index in [-0.39, 0.29) is 0 Å². The summed E-state index contributed by atoms with van der Waals surface area (Å²) in [6.07, 6.45) is 0. The van der Waals surface area contributed by atoms with Gasteiger partial charge in [-0.1, -0.05) is 18.1 Å². The zero-order valence-corrected chi connectivity index (χ0v) is 7.81. The van der Waals surface area contributed by atoms with Crippen LogP contribution in [0.3, 0.4) is 0 Å². The minimum Gasteiger partial charge on any atom is -0.348 e. The van der Waals surface area contributed by atoms with Crippen LogP contribution in [0.2, 0.25) is 0 Å². The molecule has 0 fully saturated rings. The van der Waals surface area contributed by atoms with Crippen LogP contribution in [-0.4, -0.2) is 4.98 Å². The lowest BCUT2D eigenvalue weighted by atomic mass is 10.1. The SMILES string of the molecule is CC#Cc1cc2c(C)cccc2[nH]1. The van der Waals surface area contributed by atoms with Crippen LogP contribution in [0.4, 0.5) is 0 Å². The third-order valence-corrected chi connectivity index (χ3v) is 2.14. The van der Waals surface area contributed by atoms with Gasteiger partial charge in [0.25, 0.3) is 0 Å². The van der Waals surface area contributed by atoms with Gasteiger partial charge in [-0.25, -0.2) is 0 Å². The van der Waals surface area contributed by atoms with Gasteiger partial charge >= 0.3 is 0 Å². The molecule has 0 aliphatic carbocycles. The molecule has 0 amide bonds. The Morgan fingerprint density at radius 2 is 2.15 bits per heavy atom. The average molecular weight is 169 g/mol. The molecule has 1 N–H and O–H groups in total. The Morgan fingerprint density at radius 3 is 2.85 bits per heavy atom. The second-order valence-corrected chi connectivity index (χ2v) is 3.09. The number of H-pyrrole nitrogens is 1. The lowest BCUT2D eigenvalue weighted by Gasteiger charge is -1.92. The summed E-state index contributed by atoms with van der Waals surface area (Å²) in [5, 5.41) is 1.26. The number of rotatable bonds is 0. The molecule has 0 radical (unpaired) electrons. The van der Waals surface area contributed by atoms with Crippen LogP contribution >= 0.6 is 0 Å². The molecule has 0 unspecified atom stereocenters. The maximum Gasteiger partial charge on any atom is 0.0904 e. The summed E-state index contributed by atoms with van der Waals surface area (Å²) >= 11 is 0. The lowest BCUT2D eigenvalue weighted by molar-refractivity contribution is 1.42. The smallest absolute Gasteiger partial charge is 0.0904 e. The Labute approximate surface area is 77.8 Å². The summed E-state index contributed by atoms with van der Waals surface area (Å²) in [7, 11) is 0. The predicted molar refractivity (Wildman–Crippen MR) is 55.6 cm³/mol. The van der Waals surface area contributed by atoms with Crippen molar-refractivity contribution in [1.29, 1.82) is 0 Å². The highest BCUT2D eigenvalue weighted by molar-refractivity contribution is 5.84. The van der Waals surface area contributed by atoms with Crippen molar-refractivity contribution in [3.8, 4) is 11.8 Å². The van der Waals surface area contributed by atoms with Crippen LogP contribution in [0, 0.1) is 18.8 Å². The number of hydrogen-bond acceptors (Lipinski definition) is 0. The Kier molecular flexibility index (Phi) is 1.83. The molecular formula is C12H11N. The number of fused-ring (bicyclic) bond motifs is 1. The van der Waals surface area contributed by atoms with Gasteiger partial charge in [0.2, 0.25) is 0 Å². The number of benzene rings is 1. The van der Waals surface area contributed by atoms with Gasteiger partial charge in [-0.05, 0) is 37.5 Å². The zero-order chi connectivity index (χ0) is 9.26. The molecule has 1 aromatic heterocycles. The average Bonchev–Trinajstić information content (AvgIpc) is 2.49. The zero-order valence-electron chi connectivity index (χ0n) is 7.81. The standard InChI is InChI=1S/C12H11N/c1-3-5-10-8-11-9(2)6-4-7-12(11)13-10/h4,6-8,13H,1-2H3. The molecule has 0 saturated heterocycles. The van der Waals surface area contributed by atoms with Crippen molar-refractivity contribution in [1.82, 2.24) is 4.98 Å². The number of aryl methyl sites for hydroxylation is 1. The fraction of sp³-hybridized carbons (Fsp3) is 0.167. The molecule has 2 rings (SSSR count). The summed E-state index contributed by atoms with van der Waals surface area (Å²) in [5.74, 6) is 5.90. The molecule has 1 heterocycles. The van der Waals surface area contributed by atoms with Gasteiger partial charge in [0, 0.05) is 10.9 Å². The van der Waals surface area contributed by atoms with Crippen molar-refractivity contribution in [2.75, 3.05) is 0 Å². The molecule has 1 heteroatoms.